The maximum absolute atomic E-state index is 12.3. The second-order valence-corrected chi connectivity index (χ2v) is 8.12. The van der Waals surface area contributed by atoms with Gasteiger partial charge in [0.2, 0.25) is 0 Å². The highest BCUT2D eigenvalue weighted by atomic mass is 35.5. The van der Waals surface area contributed by atoms with Crippen LogP contribution in [0.15, 0.2) is 65.1 Å². The van der Waals surface area contributed by atoms with E-state index in [2.05, 4.69) is 5.32 Å². The van der Waals surface area contributed by atoms with Gasteiger partial charge in [0.05, 0.1) is 5.75 Å². The number of rotatable bonds is 7. The number of carbonyl (C=O) groups excluding carboxylic acids is 1. The third kappa shape index (κ3) is 5.55. The van der Waals surface area contributed by atoms with Gasteiger partial charge in [-0.2, -0.15) is 0 Å². The van der Waals surface area contributed by atoms with E-state index in [0.29, 0.717) is 23.1 Å². The van der Waals surface area contributed by atoms with Gasteiger partial charge in [-0.1, -0.05) is 59.6 Å². The van der Waals surface area contributed by atoms with Gasteiger partial charge in [-0.3, -0.25) is 9.00 Å². The molecule has 0 aliphatic carbocycles. The second kappa shape index (κ2) is 9.02. The number of aryl methyl sites for hydroxylation is 1. The molecule has 1 atom stereocenters. The molecule has 1 heterocycles. The monoisotopic (exact) mass is 401 g/mol. The molecule has 0 fully saturated rings. The molecule has 1 aromatic heterocycles. The summed E-state index contributed by atoms with van der Waals surface area (Å²) in [5, 5.41) is 3.38. The molecule has 2 aromatic carbocycles. The van der Waals surface area contributed by atoms with Crippen molar-refractivity contribution >= 4 is 28.3 Å². The smallest absolute Gasteiger partial charge is 0.287 e. The van der Waals surface area contributed by atoms with Crippen molar-refractivity contribution in [1.29, 1.82) is 0 Å². The van der Waals surface area contributed by atoms with Gasteiger partial charge in [-0.05, 0) is 36.2 Å². The quantitative estimate of drug-likeness (QED) is 0.628. The zero-order chi connectivity index (χ0) is 19.2. The maximum Gasteiger partial charge on any atom is 0.287 e. The average molecular weight is 402 g/mol. The number of carbonyl (C=O) groups is 1. The molecule has 27 heavy (non-hydrogen) atoms. The van der Waals surface area contributed by atoms with Crippen molar-refractivity contribution < 1.29 is 13.4 Å². The number of benzene rings is 2. The van der Waals surface area contributed by atoms with E-state index in [0.717, 1.165) is 11.1 Å². The molecule has 140 valence electrons. The minimum absolute atomic E-state index is 0.199. The Morgan fingerprint density at radius 3 is 2.52 bits per heavy atom. The molecule has 0 aliphatic rings. The predicted molar refractivity (Wildman–Crippen MR) is 108 cm³/mol. The first-order valence-corrected chi connectivity index (χ1v) is 10.4. The van der Waals surface area contributed by atoms with Crippen LogP contribution in [0.2, 0.25) is 5.02 Å². The summed E-state index contributed by atoms with van der Waals surface area (Å²) >= 11 is 6.08. The van der Waals surface area contributed by atoms with Crippen LogP contribution in [0.5, 0.6) is 0 Å². The van der Waals surface area contributed by atoms with Gasteiger partial charge in [0.1, 0.15) is 5.76 Å². The number of amides is 1. The van der Waals surface area contributed by atoms with Crippen molar-refractivity contribution in [2.75, 3.05) is 0 Å². The molecule has 1 amide bonds. The fourth-order valence-electron chi connectivity index (χ4n) is 2.56. The van der Waals surface area contributed by atoms with Crippen LogP contribution in [0.3, 0.4) is 0 Å². The van der Waals surface area contributed by atoms with Crippen LogP contribution in [-0.2, 0) is 28.9 Å². The summed E-state index contributed by atoms with van der Waals surface area (Å²) in [6, 6.07) is 18.6. The Hall–Kier alpha value is -2.37. The van der Waals surface area contributed by atoms with Crippen LogP contribution in [0, 0.1) is 6.92 Å². The van der Waals surface area contributed by atoms with E-state index in [1.165, 1.54) is 5.56 Å². The molecule has 0 saturated heterocycles. The number of halogens is 1. The predicted octanol–water partition coefficient (Wildman–Crippen LogP) is 4.62. The summed E-state index contributed by atoms with van der Waals surface area (Å²) in [4.78, 5) is 12.2. The standard InChI is InChI=1S/C21H20ClNO3S/c1-15-6-8-16(9-7-15)13-27(25)14-18-10-11-20(26-18)21(24)23-12-17-4-2-3-5-19(17)22/h2-11H,12-14H2,1H3,(H,23,24)/t27-/m0/s1. The van der Waals surface area contributed by atoms with E-state index in [9.17, 15) is 9.00 Å². The minimum Gasteiger partial charge on any atom is -0.455 e. The van der Waals surface area contributed by atoms with Crippen molar-refractivity contribution in [2.24, 2.45) is 0 Å². The van der Waals surface area contributed by atoms with Gasteiger partial charge in [0, 0.05) is 28.1 Å². The van der Waals surface area contributed by atoms with Crippen molar-refractivity contribution in [2.45, 2.75) is 25.0 Å². The average Bonchev–Trinajstić information content (AvgIpc) is 3.11. The number of furan rings is 1. The van der Waals surface area contributed by atoms with Crippen molar-refractivity contribution in [3.8, 4) is 0 Å². The Bertz CT molecular complexity index is 950. The summed E-state index contributed by atoms with van der Waals surface area (Å²) < 4.78 is 17.9. The highest BCUT2D eigenvalue weighted by Gasteiger charge is 2.13. The van der Waals surface area contributed by atoms with Gasteiger partial charge in [-0.25, -0.2) is 0 Å². The van der Waals surface area contributed by atoms with Crippen molar-refractivity contribution in [3.63, 3.8) is 0 Å². The third-order valence-electron chi connectivity index (χ3n) is 4.03. The zero-order valence-corrected chi connectivity index (χ0v) is 16.5. The van der Waals surface area contributed by atoms with E-state index in [1.54, 1.807) is 18.2 Å². The van der Waals surface area contributed by atoms with E-state index in [4.69, 9.17) is 16.0 Å². The summed E-state index contributed by atoms with van der Waals surface area (Å²) in [6.07, 6.45) is 0. The van der Waals surface area contributed by atoms with Gasteiger partial charge < -0.3 is 9.73 Å². The minimum atomic E-state index is -1.11. The highest BCUT2D eigenvalue weighted by molar-refractivity contribution is 7.83. The van der Waals surface area contributed by atoms with Crippen LogP contribution in [0.25, 0.3) is 0 Å². The summed E-state index contributed by atoms with van der Waals surface area (Å²) in [6.45, 7) is 2.33. The molecular weight excluding hydrogens is 382 g/mol. The molecule has 0 radical (unpaired) electrons. The van der Waals surface area contributed by atoms with Gasteiger partial charge in [0.25, 0.3) is 5.91 Å². The van der Waals surface area contributed by atoms with Crippen LogP contribution < -0.4 is 5.32 Å². The fourth-order valence-corrected chi connectivity index (χ4v) is 3.90. The fraction of sp³-hybridized carbons (Fsp3) is 0.190. The van der Waals surface area contributed by atoms with E-state index < -0.39 is 10.8 Å². The van der Waals surface area contributed by atoms with E-state index in [1.807, 2.05) is 49.4 Å². The zero-order valence-electron chi connectivity index (χ0n) is 14.9. The third-order valence-corrected chi connectivity index (χ3v) is 5.66. The van der Waals surface area contributed by atoms with Crippen LogP contribution in [-0.4, -0.2) is 10.1 Å². The van der Waals surface area contributed by atoms with Gasteiger partial charge in [-0.15, -0.1) is 0 Å². The molecule has 1 N–H and O–H groups in total. The van der Waals surface area contributed by atoms with Gasteiger partial charge in [0.15, 0.2) is 5.76 Å². The lowest BCUT2D eigenvalue weighted by atomic mass is 10.2. The molecule has 0 spiro atoms. The Labute approximate surface area is 166 Å². The Kier molecular flexibility index (Phi) is 6.48. The summed E-state index contributed by atoms with van der Waals surface area (Å²) in [5.41, 5.74) is 3.02. The first-order chi connectivity index (χ1) is 13.0. The lowest BCUT2D eigenvalue weighted by Crippen LogP contribution is -2.22. The normalized spacial score (nSPS) is 11.9. The highest BCUT2D eigenvalue weighted by Crippen LogP contribution is 2.16. The first-order valence-electron chi connectivity index (χ1n) is 8.52. The van der Waals surface area contributed by atoms with Crippen molar-refractivity contribution in [3.05, 3.63) is 93.9 Å². The molecule has 0 saturated carbocycles. The Balaban J connectivity index is 1.54. The lowest BCUT2D eigenvalue weighted by Gasteiger charge is -2.05. The number of nitrogens with one attached hydrogen (secondary N) is 1. The molecule has 0 unspecified atom stereocenters. The summed E-state index contributed by atoms with van der Waals surface area (Å²) in [5.74, 6) is 1.12. The van der Waals surface area contributed by atoms with Crippen LogP contribution in [0.1, 0.15) is 33.0 Å². The molecule has 3 aromatic rings. The largest absolute Gasteiger partial charge is 0.455 e. The van der Waals surface area contributed by atoms with Gasteiger partial charge >= 0.3 is 0 Å². The molecule has 4 nitrogen and oxygen atoms in total. The Morgan fingerprint density at radius 2 is 1.78 bits per heavy atom. The molecule has 0 bridgehead atoms. The SMILES string of the molecule is Cc1ccc(C[S@](=O)Cc2ccc(C(=O)NCc3ccccc3Cl)o2)cc1. The topological polar surface area (TPSA) is 59.3 Å². The molecular formula is C21H20ClNO3S. The van der Waals surface area contributed by atoms with E-state index >= 15 is 0 Å². The van der Waals surface area contributed by atoms with Crippen LogP contribution in [0.4, 0.5) is 0 Å². The van der Waals surface area contributed by atoms with Crippen molar-refractivity contribution in [1.82, 2.24) is 5.32 Å². The van der Waals surface area contributed by atoms with Crippen LogP contribution >= 0.6 is 11.6 Å². The molecule has 0 aliphatic heterocycles. The number of hydrogen-bond donors (Lipinski definition) is 1. The van der Waals surface area contributed by atoms with E-state index in [-0.39, 0.29) is 17.4 Å². The summed E-state index contributed by atoms with van der Waals surface area (Å²) in [7, 11) is -1.11. The molecule has 6 heteroatoms. The Morgan fingerprint density at radius 1 is 1.04 bits per heavy atom. The maximum atomic E-state index is 12.3. The lowest BCUT2D eigenvalue weighted by molar-refractivity contribution is 0.0921. The first kappa shape index (κ1) is 19.4. The molecule has 3 rings (SSSR count). The number of hydrogen-bond acceptors (Lipinski definition) is 3. The second-order valence-electron chi connectivity index (χ2n) is 6.25.